The summed E-state index contributed by atoms with van der Waals surface area (Å²) in [5, 5.41) is 2.90. The number of amides is 1. The quantitative estimate of drug-likeness (QED) is 0.641. The normalized spacial score (nSPS) is 10.2. The van der Waals surface area contributed by atoms with Gasteiger partial charge < -0.3 is 11.1 Å². The minimum absolute atomic E-state index is 0.0163. The highest BCUT2D eigenvalue weighted by Gasteiger charge is 2.05. The molecule has 20 heavy (non-hydrogen) atoms. The number of hydrogen-bond donors (Lipinski definition) is 2. The molecule has 0 aromatic heterocycles. The van der Waals surface area contributed by atoms with E-state index in [1.54, 1.807) is 0 Å². The second-order valence-electron chi connectivity index (χ2n) is 4.24. The molecule has 0 aliphatic carbocycles. The first-order valence-corrected chi connectivity index (χ1v) is 7.91. The molecule has 0 spiro atoms. The third-order valence-corrected chi connectivity index (χ3v) is 4.64. The molecule has 0 heterocycles. The Balaban J connectivity index is 1.80. The van der Waals surface area contributed by atoms with Gasteiger partial charge in [0.05, 0.1) is 5.75 Å². The van der Waals surface area contributed by atoms with Crippen LogP contribution in [0.2, 0.25) is 0 Å². The van der Waals surface area contributed by atoms with Crippen LogP contribution in [0.15, 0.2) is 57.9 Å². The topological polar surface area (TPSA) is 55.1 Å². The van der Waals surface area contributed by atoms with Crippen molar-refractivity contribution in [3.63, 3.8) is 0 Å². The number of nitrogen functional groups attached to an aromatic ring is 1. The van der Waals surface area contributed by atoms with Gasteiger partial charge in [-0.1, -0.05) is 30.3 Å². The third kappa shape index (κ3) is 4.58. The second kappa shape index (κ2) is 7.36. The molecule has 0 aliphatic rings. The Morgan fingerprint density at radius 1 is 1.20 bits per heavy atom. The van der Waals surface area contributed by atoms with Gasteiger partial charge in [-0.2, -0.15) is 0 Å². The van der Waals surface area contributed by atoms with Gasteiger partial charge in [0.25, 0.3) is 0 Å². The number of benzene rings is 2. The Morgan fingerprint density at radius 3 is 2.65 bits per heavy atom. The number of rotatable bonds is 5. The SMILES string of the molecule is Nc1ccc(SCC(=O)NCc2ccccc2)c(Br)c1. The fraction of sp³-hybridized carbons (Fsp3) is 0.133. The summed E-state index contributed by atoms with van der Waals surface area (Å²) < 4.78 is 0.915. The first-order chi connectivity index (χ1) is 9.65. The van der Waals surface area contributed by atoms with Gasteiger partial charge in [0.1, 0.15) is 0 Å². The summed E-state index contributed by atoms with van der Waals surface area (Å²) in [7, 11) is 0. The molecular weight excluding hydrogens is 336 g/mol. The Labute approximate surface area is 131 Å². The number of thioether (sulfide) groups is 1. The Kier molecular flexibility index (Phi) is 5.49. The molecule has 104 valence electrons. The molecule has 3 N–H and O–H groups in total. The molecule has 0 fully saturated rings. The van der Waals surface area contributed by atoms with Gasteiger partial charge in [-0.25, -0.2) is 0 Å². The monoisotopic (exact) mass is 350 g/mol. The lowest BCUT2D eigenvalue weighted by molar-refractivity contribution is -0.118. The van der Waals surface area contributed by atoms with Crippen molar-refractivity contribution in [2.75, 3.05) is 11.5 Å². The standard InChI is InChI=1S/C15H15BrN2OS/c16-13-8-12(17)6-7-14(13)20-10-15(19)18-9-11-4-2-1-3-5-11/h1-8H,9-10,17H2,(H,18,19). The molecule has 0 saturated heterocycles. The third-order valence-electron chi connectivity index (χ3n) is 2.65. The van der Waals surface area contributed by atoms with Gasteiger partial charge in [-0.05, 0) is 39.7 Å². The summed E-state index contributed by atoms with van der Waals surface area (Å²) in [4.78, 5) is 12.8. The fourth-order valence-electron chi connectivity index (χ4n) is 1.62. The summed E-state index contributed by atoms with van der Waals surface area (Å²) in [5.41, 5.74) is 7.48. The maximum atomic E-state index is 11.8. The van der Waals surface area contributed by atoms with Crippen molar-refractivity contribution >= 4 is 39.3 Å². The van der Waals surface area contributed by atoms with Crippen LogP contribution in [0.25, 0.3) is 0 Å². The number of halogens is 1. The van der Waals surface area contributed by atoms with E-state index in [-0.39, 0.29) is 5.91 Å². The summed E-state index contributed by atoms with van der Waals surface area (Å²) in [5.74, 6) is 0.401. The molecule has 0 radical (unpaired) electrons. The predicted octanol–water partition coefficient (Wildman–Crippen LogP) is 3.44. The molecule has 1 amide bonds. The largest absolute Gasteiger partial charge is 0.399 e. The van der Waals surface area contributed by atoms with Gasteiger partial charge in [0, 0.05) is 21.6 Å². The number of anilines is 1. The van der Waals surface area contributed by atoms with Crippen LogP contribution < -0.4 is 11.1 Å². The van der Waals surface area contributed by atoms with E-state index in [9.17, 15) is 4.79 Å². The van der Waals surface area contributed by atoms with Crippen LogP contribution in [0, 0.1) is 0 Å². The maximum absolute atomic E-state index is 11.8. The van der Waals surface area contributed by atoms with Gasteiger partial charge in [-0.3, -0.25) is 4.79 Å². The van der Waals surface area contributed by atoms with Gasteiger partial charge >= 0.3 is 0 Å². The van der Waals surface area contributed by atoms with Crippen LogP contribution in [0.1, 0.15) is 5.56 Å². The van der Waals surface area contributed by atoms with Crippen LogP contribution in [0.3, 0.4) is 0 Å². The number of nitrogens with two attached hydrogens (primary N) is 1. The molecule has 0 unspecified atom stereocenters. The van der Waals surface area contributed by atoms with Crippen LogP contribution in [0.4, 0.5) is 5.69 Å². The van der Waals surface area contributed by atoms with E-state index < -0.39 is 0 Å². The minimum atomic E-state index is 0.0163. The van der Waals surface area contributed by atoms with Crippen LogP contribution in [-0.4, -0.2) is 11.7 Å². The molecule has 2 aromatic carbocycles. The minimum Gasteiger partial charge on any atom is -0.399 e. The second-order valence-corrected chi connectivity index (χ2v) is 6.11. The van der Waals surface area contributed by atoms with E-state index in [2.05, 4.69) is 21.2 Å². The molecule has 0 atom stereocenters. The zero-order valence-electron chi connectivity index (χ0n) is 10.8. The van der Waals surface area contributed by atoms with Crippen molar-refractivity contribution in [1.29, 1.82) is 0 Å². The smallest absolute Gasteiger partial charge is 0.230 e. The molecule has 0 bridgehead atoms. The van der Waals surface area contributed by atoms with Crippen molar-refractivity contribution in [3.05, 3.63) is 58.6 Å². The van der Waals surface area contributed by atoms with Crippen molar-refractivity contribution in [2.45, 2.75) is 11.4 Å². The lowest BCUT2D eigenvalue weighted by atomic mass is 10.2. The first-order valence-electron chi connectivity index (χ1n) is 6.13. The number of nitrogens with one attached hydrogen (secondary N) is 1. The molecule has 5 heteroatoms. The molecule has 2 aromatic rings. The maximum Gasteiger partial charge on any atom is 0.230 e. The number of hydrogen-bond acceptors (Lipinski definition) is 3. The number of carbonyl (C=O) groups excluding carboxylic acids is 1. The highest BCUT2D eigenvalue weighted by atomic mass is 79.9. The Morgan fingerprint density at radius 2 is 1.95 bits per heavy atom. The van der Waals surface area contributed by atoms with E-state index in [0.29, 0.717) is 18.0 Å². The van der Waals surface area contributed by atoms with Crippen molar-refractivity contribution in [3.8, 4) is 0 Å². The summed E-state index contributed by atoms with van der Waals surface area (Å²) in [6, 6.07) is 15.4. The summed E-state index contributed by atoms with van der Waals surface area (Å²) in [6.45, 7) is 0.559. The average Bonchev–Trinajstić information content (AvgIpc) is 2.45. The van der Waals surface area contributed by atoms with Crippen molar-refractivity contribution < 1.29 is 4.79 Å². The zero-order chi connectivity index (χ0) is 14.4. The van der Waals surface area contributed by atoms with Crippen LogP contribution in [-0.2, 0) is 11.3 Å². The van der Waals surface area contributed by atoms with Gasteiger partial charge in [-0.15, -0.1) is 11.8 Å². The van der Waals surface area contributed by atoms with E-state index in [4.69, 9.17) is 5.73 Å². The summed E-state index contributed by atoms with van der Waals surface area (Å²) >= 11 is 4.92. The molecule has 2 rings (SSSR count). The lowest BCUT2D eigenvalue weighted by Gasteiger charge is -2.07. The van der Waals surface area contributed by atoms with E-state index >= 15 is 0 Å². The molecular formula is C15H15BrN2OS. The van der Waals surface area contributed by atoms with E-state index in [1.807, 2.05) is 48.5 Å². The number of carbonyl (C=O) groups is 1. The Bertz CT molecular complexity index is 590. The highest BCUT2D eigenvalue weighted by Crippen LogP contribution is 2.28. The van der Waals surface area contributed by atoms with Crippen molar-refractivity contribution in [2.24, 2.45) is 0 Å². The van der Waals surface area contributed by atoms with E-state index in [0.717, 1.165) is 14.9 Å². The van der Waals surface area contributed by atoms with Gasteiger partial charge in [0.15, 0.2) is 0 Å². The predicted molar refractivity (Wildman–Crippen MR) is 87.6 cm³/mol. The van der Waals surface area contributed by atoms with Gasteiger partial charge in [0.2, 0.25) is 5.91 Å². The highest BCUT2D eigenvalue weighted by molar-refractivity contribution is 9.10. The summed E-state index contributed by atoms with van der Waals surface area (Å²) in [6.07, 6.45) is 0. The molecule has 0 saturated carbocycles. The van der Waals surface area contributed by atoms with E-state index in [1.165, 1.54) is 11.8 Å². The van der Waals surface area contributed by atoms with Crippen molar-refractivity contribution in [1.82, 2.24) is 5.32 Å². The molecule has 0 aliphatic heterocycles. The zero-order valence-corrected chi connectivity index (χ0v) is 13.2. The molecule has 3 nitrogen and oxygen atoms in total. The first kappa shape index (κ1) is 14.9. The van der Waals surface area contributed by atoms with Crippen LogP contribution >= 0.6 is 27.7 Å². The average molecular weight is 351 g/mol. The van der Waals surface area contributed by atoms with Crippen LogP contribution in [0.5, 0.6) is 0 Å². The Hall–Kier alpha value is -1.46. The fourth-order valence-corrected chi connectivity index (χ4v) is 3.11. The lowest BCUT2D eigenvalue weighted by Crippen LogP contribution is -2.24.